The standard InChI is InChI=1S/C17H15F2NO4/c1-10(16(21)20-15-6-4-3-5-13(15)18)24-17(22)12-8-7-11(23-2)9-14(12)19/h3-10H,1-2H3,(H,20,21)/t10-/m1/s1. The number of benzene rings is 2. The minimum atomic E-state index is -1.24. The molecule has 1 amide bonds. The van der Waals surface area contributed by atoms with Crippen molar-refractivity contribution in [2.45, 2.75) is 13.0 Å². The van der Waals surface area contributed by atoms with Crippen molar-refractivity contribution in [3.8, 4) is 5.75 Å². The highest BCUT2D eigenvalue weighted by molar-refractivity contribution is 5.97. The van der Waals surface area contributed by atoms with Crippen molar-refractivity contribution in [3.05, 3.63) is 59.7 Å². The normalized spacial score (nSPS) is 11.5. The van der Waals surface area contributed by atoms with E-state index in [-0.39, 0.29) is 17.0 Å². The summed E-state index contributed by atoms with van der Waals surface area (Å²) in [7, 11) is 1.36. The van der Waals surface area contributed by atoms with Gasteiger partial charge in [-0.2, -0.15) is 0 Å². The molecule has 0 saturated carbocycles. The van der Waals surface area contributed by atoms with Crippen LogP contribution in [0.4, 0.5) is 14.5 Å². The van der Waals surface area contributed by atoms with Gasteiger partial charge in [0.25, 0.3) is 5.91 Å². The second kappa shape index (κ2) is 7.54. The molecule has 0 aliphatic rings. The first-order valence-corrected chi connectivity index (χ1v) is 7.02. The van der Waals surface area contributed by atoms with Crippen molar-refractivity contribution in [2.24, 2.45) is 0 Å². The number of rotatable bonds is 5. The van der Waals surface area contributed by atoms with Crippen LogP contribution in [0.5, 0.6) is 5.75 Å². The van der Waals surface area contributed by atoms with Crippen molar-refractivity contribution >= 4 is 17.6 Å². The lowest BCUT2D eigenvalue weighted by Crippen LogP contribution is -2.30. The second-order valence-corrected chi connectivity index (χ2v) is 4.86. The molecular weight excluding hydrogens is 320 g/mol. The van der Waals surface area contributed by atoms with E-state index in [4.69, 9.17) is 9.47 Å². The molecule has 0 fully saturated rings. The van der Waals surface area contributed by atoms with Crippen LogP contribution >= 0.6 is 0 Å². The van der Waals surface area contributed by atoms with Crippen LogP contribution in [-0.4, -0.2) is 25.1 Å². The van der Waals surface area contributed by atoms with Gasteiger partial charge in [0, 0.05) is 6.07 Å². The summed E-state index contributed by atoms with van der Waals surface area (Å²) in [6.07, 6.45) is -1.24. The molecule has 0 saturated heterocycles. The first kappa shape index (κ1) is 17.4. The summed E-state index contributed by atoms with van der Waals surface area (Å²) >= 11 is 0. The topological polar surface area (TPSA) is 64.6 Å². The van der Waals surface area contributed by atoms with Gasteiger partial charge in [0.2, 0.25) is 0 Å². The molecule has 1 N–H and O–H groups in total. The van der Waals surface area contributed by atoms with Gasteiger partial charge in [-0.15, -0.1) is 0 Å². The zero-order valence-corrected chi connectivity index (χ0v) is 13.0. The van der Waals surface area contributed by atoms with Crippen LogP contribution < -0.4 is 10.1 Å². The SMILES string of the molecule is COc1ccc(C(=O)O[C@H](C)C(=O)Nc2ccccc2F)c(F)c1. The maximum absolute atomic E-state index is 13.8. The first-order valence-electron chi connectivity index (χ1n) is 7.02. The van der Waals surface area contributed by atoms with Crippen molar-refractivity contribution in [1.82, 2.24) is 0 Å². The van der Waals surface area contributed by atoms with E-state index in [0.29, 0.717) is 0 Å². The molecule has 24 heavy (non-hydrogen) atoms. The molecular formula is C17H15F2NO4. The van der Waals surface area contributed by atoms with Crippen molar-refractivity contribution < 1.29 is 27.8 Å². The van der Waals surface area contributed by atoms with Gasteiger partial charge in [-0.25, -0.2) is 13.6 Å². The smallest absolute Gasteiger partial charge is 0.341 e. The Hall–Kier alpha value is -2.96. The molecule has 2 rings (SSSR count). The van der Waals surface area contributed by atoms with Gasteiger partial charge in [0.1, 0.15) is 17.4 Å². The Morgan fingerprint density at radius 1 is 1.08 bits per heavy atom. The van der Waals surface area contributed by atoms with Gasteiger partial charge < -0.3 is 14.8 Å². The number of methoxy groups -OCH3 is 1. The number of hydrogen-bond donors (Lipinski definition) is 1. The van der Waals surface area contributed by atoms with Gasteiger partial charge in [0.05, 0.1) is 18.4 Å². The Bertz CT molecular complexity index is 764. The van der Waals surface area contributed by atoms with Crippen molar-refractivity contribution in [2.75, 3.05) is 12.4 Å². The lowest BCUT2D eigenvalue weighted by molar-refractivity contribution is -0.123. The monoisotopic (exact) mass is 335 g/mol. The van der Waals surface area contributed by atoms with E-state index in [2.05, 4.69) is 5.32 Å². The Morgan fingerprint density at radius 2 is 1.79 bits per heavy atom. The van der Waals surface area contributed by atoms with Gasteiger partial charge in [0.15, 0.2) is 6.10 Å². The largest absolute Gasteiger partial charge is 0.497 e. The minimum Gasteiger partial charge on any atom is -0.497 e. The van der Waals surface area contributed by atoms with Gasteiger partial charge in [-0.3, -0.25) is 4.79 Å². The summed E-state index contributed by atoms with van der Waals surface area (Å²) in [6, 6.07) is 9.18. The molecule has 126 valence electrons. The molecule has 0 radical (unpaired) electrons. The number of anilines is 1. The zero-order valence-electron chi connectivity index (χ0n) is 13.0. The van der Waals surface area contributed by atoms with E-state index < -0.39 is 29.6 Å². The fourth-order valence-corrected chi connectivity index (χ4v) is 1.86. The van der Waals surface area contributed by atoms with Crippen LogP contribution in [0.25, 0.3) is 0 Å². The third-order valence-corrected chi connectivity index (χ3v) is 3.18. The summed E-state index contributed by atoms with van der Waals surface area (Å²) in [5, 5.41) is 2.29. The molecule has 7 heteroatoms. The molecule has 0 heterocycles. The van der Waals surface area contributed by atoms with Crippen molar-refractivity contribution in [3.63, 3.8) is 0 Å². The summed E-state index contributed by atoms with van der Waals surface area (Å²) in [4.78, 5) is 23.9. The summed E-state index contributed by atoms with van der Waals surface area (Å²) in [5.41, 5.74) is -0.373. The number of hydrogen-bond acceptors (Lipinski definition) is 4. The number of carbonyl (C=O) groups excluding carboxylic acids is 2. The fraction of sp³-hybridized carbons (Fsp3) is 0.176. The van der Waals surface area contributed by atoms with Gasteiger partial charge in [-0.05, 0) is 31.2 Å². The Balaban J connectivity index is 2.03. The van der Waals surface area contributed by atoms with Crippen LogP contribution in [0.15, 0.2) is 42.5 Å². The first-order chi connectivity index (χ1) is 11.4. The van der Waals surface area contributed by atoms with Gasteiger partial charge >= 0.3 is 5.97 Å². The average molecular weight is 335 g/mol. The number of carbonyl (C=O) groups is 2. The van der Waals surface area contributed by atoms with Crippen LogP contribution in [0.3, 0.4) is 0 Å². The third kappa shape index (κ3) is 4.07. The van der Waals surface area contributed by atoms with Crippen molar-refractivity contribution in [1.29, 1.82) is 0 Å². The number of amides is 1. The minimum absolute atomic E-state index is 0.0407. The molecule has 0 aliphatic heterocycles. The number of halogens is 2. The molecule has 5 nitrogen and oxygen atoms in total. The average Bonchev–Trinajstić information content (AvgIpc) is 2.56. The number of nitrogens with one attached hydrogen (secondary N) is 1. The van der Waals surface area contributed by atoms with Crippen LogP contribution in [0.2, 0.25) is 0 Å². The molecule has 0 spiro atoms. The Labute approximate surface area is 137 Å². The van der Waals surface area contributed by atoms with Crippen LogP contribution in [0, 0.1) is 11.6 Å². The maximum Gasteiger partial charge on any atom is 0.341 e. The quantitative estimate of drug-likeness (QED) is 0.853. The highest BCUT2D eigenvalue weighted by Gasteiger charge is 2.22. The maximum atomic E-state index is 13.8. The number of para-hydroxylation sites is 1. The van der Waals surface area contributed by atoms with Gasteiger partial charge in [-0.1, -0.05) is 12.1 Å². The summed E-state index contributed by atoms with van der Waals surface area (Å²) in [5.74, 6) is -2.95. The second-order valence-electron chi connectivity index (χ2n) is 4.86. The van der Waals surface area contributed by atoms with E-state index in [0.717, 1.165) is 6.07 Å². The molecule has 2 aromatic rings. The highest BCUT2D eigenvalue weighted by atomic mass is 19.1. The predicted molar refractivity (Wildman–Crippen MR) is 82.9 cm³/mol. The third-order valence-electron chi connectivity index (χ3n) is 3.18. The van der Waals surface area contributed by atoms with E-state index in [1.54, 1.807) is 6.07 Å². The summed E-state index contributed by atoms with van der Waals surface area (Å²) < 4.78 is 37.0. The Kier molecular flexibility index (Phi) is 5.47. The molecule has 1 atom stereocenters. The number of esters is 1. The van der Waals surface area contributed by atoms with E-state index in [1.807, 2.05) is 0 Å². The summed E-state index contributed by atoms with van der Waals surface area (Å²) in [6.45, 7) is 1.30. The lowest BCUT2D eigenvalue weighted by Gasteiger charge is -2.14. The zero-order chi connectivity index (χ0) is 17.7. The Morgan fingerprint density at radius 3 is 2.42 bits per heavy atom. The van der Waals surface area contributed by atoms with E-state index in [1.165, 1.54) is 44.4 Å². The highest BCUT2D eigenvalue weighted by Crippen LogP contribution is 2.18. The molecule has 2 aromatic carbocycles. The molecule has 0 aliphatic carbocycles. The van der Waals surface area contributed by atoms with E-state index in [9.17, 15) is 18.4 Å². The van der Waals surface area contributed by atoms with Crippen LogP contribution in [0.1, 0.15) is 17.3 Å². The molecule has 0 unspecified atom stereocenters. The molecule has 0 aromatic heterocycles. The predicted octanol–water partition coefficient (Wildman–Crippen LogP) is 3.16. The lowest BCUT2D eigenvalue weighted by atomic mass is 10.2. The van der Waals surface area contributed by atoms with Crippen LogP contribution in [-0.2, 0) is 9.53 Å². The fourth-order valence-electron chi connectivity index (χ4n) is 1.86. The molecule has 0 bridgehead atoms. The van der Waals surface area contributed by atoms with E-state index >= 15 is 0 Å². The number of ether oxygens (including phenoxy) is 2.